The first-order chi connectivity index (χ1) is 7.07. The smallest absolute Gasteiger partial charge is 0.154 e. The monoisotopic (exact) mass is 301 g/mol. The van der Waals surface area contributed by atoms with E-state index in [0.29, 0.717) is 14.2 Å². The van der Waals surface area contributed by atoms with Crippen molar-refractivity contribution < 1.29 is 8.42 Å². The summed E-state index contributed by atoms with van der Waals surface area (Å²) >= 11 is 12.9. The maximum Gasteiger partial charge on any atom is 0.154 e. The molecule has 1 heterocycles. The Morgan fingerprint density at radius 3 is 2.25 bits per heavy atom. The van der Waals surface area contributed by atoms with Crippen LogP contribution >= 0.6 is 34.5 Å². The minimum atomic E-state index is -3.28. The fourth-order valence-corrected chi connectivity index (χ4v) is 3.31. The van der Waals surface area contributed by atoms with Crippen LogP contribution in [-0.2, 0) is 9.84 Å². The van der Waals surface area contributed by atoms with Gasteiger partial charge in [-0.15, -0.1) is 11.3 Å². The fraction of sp³-hybridized carbons (Fsp3) is 0.556. The summed E-state index contributed by atoms with van der Waals surface area (Å²) in [7, 11) is -3.28. The molecule has 0 fully saturated rings. The molecule has 0 saturated heterocycles. The van der Waals surface area contributed by atoms with Gasteiger partial charge in [-0.3, -0.25) is 0 Å². The summed E-state index contributed by atoms with van der Waals surface area (Å²) in [5, 5.41) is 0. The molecule has 92 valence electrons. The van der Waals surface area contributed by atoms with Gasteiger partial charge in [-0.25, -0.2) is 8.42 Å². The Bertz CT molecular complexity index is 494. The highest BCUT2D eigenvalue weighted by Crippen LogP contribution is 2.39. The second-order valence-electron chi connectivity index (χ2n) is 4.13. The largest absolute Gasteiger partial charge is 0.323 e. The van der Waals surface area contributed by atoms with Crippen molar-refractivity contribution >= 4 is 44.4 Å². The average Bonchev–Trinajstić information content (AvgIpc) is 2.41. The SMILES string of the molecule is CC(C)(C(N)c1cc(Cl)sc1Cl)S(C)(=O)=O. The molecule has 0 aliphatic carbocycles. The lowest BCUT2D eigenvalue weighted by molar-refractivity contribution is 0.497. The van der Waals surface area contributed by atoms with Crippen LogP contribution < -0.4 is 5.73 Å². The maximum absolute atomic E-state index is 11.6. The number of thiophene rings is 1. The zero-order valence-electron chi connectivity index (χ0n) is 9.12. The molecular weight excluding hydrogens is 289 g/mol. The van der Waals surface area contributed by atoms with E-state index < -0.39 is 20.6 Å². The minimum absolute atomic E-state index is 0.439. The van der Waals surface area contributed by atoms with Gasteiger partial charge in [0, 0.05) is 11.8 Å². The standard InChI is InChI=1S/C9H13Cl2NO2S2/c1-9(2,16(3,13)14)7(12)5-4-6(10)15-8(5)11/h4,7H,12H2,1-3H3. The van der Waals surface area contributed by atoms with Crippen LogP contribution in [0.5, 0.6) is 0 Å². The Morgan fingerprint density at radius 1 is 1.44 bits per heavy atom. The van der Waals surface area contributed by atoms with E-state index in [2.05, 4.69) is 0 Å². The molecule has 1 aromatic heterocycles. The number of hydrogen-bond acceptors (Lipinski definition) is 4. The van der Waals surface area contributed by atoms with E-state index in [9.17, 15) is 8.42 Å². The highest BCUT2D eigenvalue weighted by molar-refractivity contribution is 7.92. The van der Waals surface area contributed by atoms with Crippen LogP contribution in [0.15, 0.2) is 6.07 Å². The van der Waals surface area contributed by atoms with Crippen LogP contribution in [0.3, 0.4) is 0 Å². The number of rotatable bonds is 3. The van der Waals surface area contributed by atoms with Gasteiger partial charge >= 0.3 is 0 Å². The third-order valence-corrected chi connectivity index (χ3v) is 6.41. The van der Waals surface area contributed by atoms with Crippen LogP contribution in [0.2, 0.25) is 8.67 Å². The van der Waals surface area contributed by atoms with Gasteiger partial charge in [-0.05, 0) is 19.9 Å². The second-order valence-corrected chi connectivity index (χ2v) is 9.01. The molecule has 0 radical (unpaired) electrons. The van der Waals surface area contributed by atoms with Crippen molar-refractivity contribution in [3.63, 3.8) is 0 Å². The molecule has 0 amide bonds. The predicted octanol–water partition coefficient (Wildman–Crippen LogP) is 2.88. The molecule has 0 bridgehead atoms. The van der Waals surface area contributed by atoms with E-state index in [-0.39, 0.29) is 0 Å². The first-order valence-electron chi connectivity index (χ1n) is 4.47. The Labute approximate surface area is 109 Å². The lowest BCUT2D eigenvalue weighted by Crippen LogP contribution is -2.42. The zero-order chi connectivity index (χ0) is 12.7. The number of halogens is 2. The van der Waals surface area contributed by atoms with Crippen LogP contribution in [0.4, 0.5) is 0 Å². The van der Waals surface area contributed by atoms with Gasteiger partial charge < -0.3 is 5.73 Å². The van der Waals surface area contributed by atoms with Gasteiger partial charge in [-0.2, -0.15) is 0 Å². The van der Waals surface area contributed by atoms with Crippen LogP contribution in [0.25, 0.3) is 0 Å². The van der Waals surface area contributed by atoms with Gasteiger partial charge in [0.25, 0.3) is 0 Å². The Morgan fingerprint density at radius 2 is 1.94 bits per heavy atom. The highest BCUT2D eigenvalue weighted by Gasteiger charge is 2.39. The van der Waals surface area contributed by atoms with Crippen molar-refractivity contribution in [1.82, 2.24) is 0 Å². The second kappa shape index (κ2) is 4.46. The molecule has 0 saturated carbocycles. The van der Waals surface area contributed by atoms with Crippen LogP contribution in [0.1, 0.15) is 25.5 Å². The van der Waals surface area contributed by atoms with Crippen molar-refractivity contribution in [3.8, 4) is 0 Å². The lowest BCUT2D eigenvalue weighted by atomic mass is 9.99. The van der Waals surface area contributed by atoms with Gasteiger partial charge in [0.15, 0.2) is 9.84 Å². The van der Waals surface area contributed by atoms with Crippen molar-refractivity contribution in [2.45, 2.75) is 24.6 Å². The lowest BCUT2D eigenvalue weighted by Gasteiger charge is -2.29. The number of sulfone groups is 1. The topological polar surface area (TPSA) is 60.2 Å². The van der Waals surface area contributed by atoms with Gasteiger partial charge in [0.1, 0.15) is 0 Å². The third-order valence-electron chi connectivity index (χ3n) is 2.72. The third kappa shape index (κ3) is 2.54. The number of nitrogens with two attached hydrogens (primary N) is 1. The highest BCUT2D eigenvalue weighted by atomic mass is 35.5. The first kappa shape index (κ1) is 14.3. The molecule has 0 aliphatic rings. The summed E-state index contributed by atoms with van der Waals surface area (Å²) in [5.41, 5.74) is 6.53. The van der Waals surface area contributed by atoms with E-state index in [1.807, 2.05) is 0 Å². The molecule has 0 spiro atoms. The maximum atomic E-state index is 11.6. The molecule has 1 unspecified atom stereocenters. The van der Waals surface area contributed by atoms with E-state index in [1.165, 1.54) is 11.3 Å². The minimum Gasteiger partial charge on any atom is -0.323 e. The molecule has 2 N–H and O–H groups in total. The molecule has 1 rings (SSSR count). The molecule has 0 aliphatic heterocycles. The van der Waals surface area contributed by atoms with E-state index in [4.69, 9.17) is 28.9 Å². The summed E-state index contributed by atoms with van der Waals surface area (Å²) in [6.45, 7) is 3.16. The van der Waals surface area contributed by atoms with E-state index >= 15 is 0 Å². The van der Waals surface area contributed by atoms with Crippen molar-refractivity contribution in [1.29, 1.82) is 0 Å². The molecule has 16 heavy (non-hydrogen) atoms. The van der Waals surface area contributed by atoms with Crippen molar-refractivity contribution in [2.24, 2.45) is 5.73 Å². The molecule has 3 nitrogen and oxygen atoms in total. The Balaban J connectivity index is 3.22. The summed E-state index contributed by atoms with van der Waals surface area (Å²) in [5.74, 6) is 0. The summed E-state index contributed by atoms with van der Waals surface area (Å²) in [6, 6.07) is 0.922. The molecule has 0 aromatic carbocycles. The van der Waals surface area contributed by atoms with Gasteiger partial charge in [0.2, 0.25) is 0 Å². The number of hydrogen-bond donors (Lipinski definition) is 1. The molecular formula is C9H13Cl2NO2S2. The summed E-state index contributed by atoms with van der Waals surface area (Å²) in [6.07, 6.45) is 1.16. The van der Waals surface area contributed by atoms with E-state index in [0.717, 1.165) is 6.26 Å². The molecule has 7 heteroatoms. The quantitative estimate of drug-likeness (QED) is 0.934. The normalized spacial score (nSPS) is 15.1. The van der Waals surface area contributed by atoms with Crippen molar-refractivity contribution in [2.75, 3.05) is 6.26 Å². The zero-order valence-corrected chi connectivity index (χ0v) is 12.3. The van der Waals surface area contributed by atoms with Gasteiger partial charge in [0.05, 0.1) is 19.5 Å². The van der Waals surface area contributed by atoms with Crippen LogP contribution in [-0.4, -0.2) is 19.4 Å². The first-order valence-corrected chi connectivity index (χ1v) is 7.93. The average molecular weight is 302 g/mol. The van der Waals surface area contributed by atoms with Crippen molar-refractivity contribution in [3.05, 3.63) is 20.3 Å². The predicted molar refractivity (Wildman–Crippen MR) is 70.2 cm³/mol. The molecule has 1 aromatic rings. The van der Waals surface area contributed by atoms with E-state index in [1.54, 1.807) is 19.9 Å². The van der Waals surface area contributed by atoms with Gasteiger partial charge in [-0.1, -0.05) is 23.2 Å². The van der Waals surface area contributed by atoms with Crippen LogP contribution in [0, 0.1) is 0 Å². The summed E-state index contributed by atoms with van der Waals surface area (Å²) < 4.78 is 23.1. The fourth-order valence-electron chi connectivity index (χ4n) is 1.17. The Kier molecular flexibility index (Phi) is 3.97. The molecule has 1 atom stereocenters. The Hall–Kier alpha value is 0.190. The summed E-state index contributed by atoms with van der Waals surface area (Å²) in [4.78, 5) is 0.